The van der Waals surface area contributed by atoms with Crippen molar-refractivity contribution in [2.45, 2.75) is 6.42 Å². The van der Waals surface area contributed by atoms with Crippen LogP contribution in [0.1, 0.15) is 5.56 Å². The number of nitrogens with one attached hydrogen (secondary N) is 1. The lowest BCUT2D eigenvalue weighted by Gasteiger charge is -2.23. The van der Waals surface area contributed by atoms with Gasteiger partial charge in [-0.2, -0.15) is 0 Å². The maximum Gasteiger partial charge on any atom is 0.307 e. The topological polar surface area (TPSA) is 58.6 Å². The largest absolute Gasteiger partial charge is 0.481 e. The second-order valence-electron chi connectivity index (χ2n) is 4.08. The van der Waals surface area contributed by atoms with Gasteiger partial charge in [0.15, 0.2) is 11.5 Å². The summed E-state index contributed by atoms with van der Waals surface area (Å²) >= 11 is 0. The zero-order valence-corrected chi connectivity index (χ0v) is 9.51. The average molecular weight is 241 g/mol. The molecule has 0 fully saturated rings. The number of carboxylic acids is 1. The van der Waals surface area contributed by atoms with Crippen molar-refractivity contribution in [3.63, 3.8) is 0 Å². The van der Waals surface area contributed by atoms with E-state index in [1.54, 1.807) is 12.1 Å². The second kappa shape index (κ2) is 4.07. The Balaban J connectivity index is 2.04. The summed E-state index contributed by atoms with van der Waals surface area (Å²) in [5.74, 6) is 0.550. The lowest BCUT2D eigenvalue weighted by Crippen LogP contribution is -2.08. The van der Waals surface area contributed by atoms with Gasteiger partial charge in [0.2, 0.25) is 0 Å². The summed E-state index contributed by atoms with van der Waals surface area (Å²) in [7, 11) is 0. The quantitative estimate of drug-likeness (QED) is 0.723. The van der Waals surface area contributed by atoms with Gasteiger partial charge in [-0.25, -0.2) is 0 Å². The van der Waals surface area contributed by atoms with Crippen LogP contribution >= 0.6 is 0 Å². The molecule has 0 spiro atoms. The second-order valence-corrected chi connectivity index (χ2v) is 4.08. The van der Waals surface area contributed by atoms with Crippen molar-refractivity contribution in [3.05, 3.63) is 48.0 Å². The van der Waals surface area contributed by atoms with Crippen molar-refractivity contribution >= 4 is 17.3 Å². The monoisotopic (exact) mass is 241 g/mol. The minimum absolute atomic E-state index is 0.0261. The number of rotatable bonds is 2. The molecule has 0 bridgehead atoms. The molecule has 0 aliphatic carbocycles. The van der Waals surface area contributed by atoms with Gasteiger partial charge in [0.1, 0.15) is 0 Å². The van der Waals surface area contributed by atoms with E-state index < -0.39 is 5.97 Å². The summed E-state index contributed by atoms with van der Waals surface area (Å²) < 4.78 is 5.74. The van der Waals surface area contributed by atoms with Crippen LogP contribution in [0.4, 0.5) is 11.4 Å². The zero-order chi connectivity index (χ0) is 12.5. The van der Waals surface area contributed by atoms with Crippen LogP contribution in [-0.4, -0.2) is 11.1 Å². The summed E-state index contributed by atoms with van der Waals surface area (Å²) in [5.41, 5.74) is 2.30. The smallest absolute Gasteiger partial charge is 0.307 e. The van der Waals surface area contributed by atoms with Gasteiger partial charge in [-0.1, -0.05) is 24.3 Å². The fourth-order valence-corrected chi connectivity index (χ4v) is 2.03. The zero-order valence-electron chi connectivity index (χ0n) is 9.51. The van der Waals surface area contributed by atoms with Crippen LogP contribution in [-0.2, 0) is 11.2 Å². The predicted octanol–water partition coefficient (Wildman–Crippen LogP) is 3.16. The molecule has 0 aromatic heterocycles. The highest BCUT2D eigenvalue weighted by molar-refractivity contribution is 5.81. The maximum atomic E-state index is 10.8. The molecule has 0 atom stereocenters. The van der Waals surface area contributed by atoms with Gasteiger partial charge in [0.25, 0.3) is 0 Å². The van der Waals surface area contributed by atoms with Crippen molar-refractivity contribution in [2.75, 3.05) is 5.32 Å². The van der Waals surface area contributed by atoms with Crippen molar-refractivity contribution < 1.29 is 14.6 Å². The van der Waals surface area contributed by atoms with Gasteiger partial charge in [0, 0.05) is 0 Å². The van der Waals surface area contributed by atoms with Crippen LogP contribution in [0, 0.1) is 0 Å². The normalized spacial score (nSPS) is 11.8. The molecule has 90 valence electrons. The molecular weight excluding hydrogens is 230 g/mol. The van der Waals surface area contributed by atoms with E-state index in [4.69, 9.17) is 9.84 Å². The number of hydrogen-bond donors (Lipinski definition) is 2. The number of aliphatic carboxylic acids is 1. The maximum absolute atomic E-state index is 10.8. The minimum atomic E-state index is -0.857. The standard InChI is InChI=1S/C14H11NO3/c16-13(17)8-9-4-3-7-12-14(9)15-10-5-1-2-6-11(10)18-12/h1-7,15H,8H2,(H,16,17). The van der Waals surface area contributed by atoms with E-state index in [2.05, 4.69) is 5.32 Å². The summed E-state index contributed by atoms with van der Waals surface area (Å²) in [6, 6.07) is 13.0. The minimum Gasteiger partial charge on any atom is -0.481 e. The Hall–Kier alpha value is -2.49. The van der Waals surface area contributed by atoms with Gasteiger partial charge in [0.05, 0.1) is 17.8 Å². The molecule has 1 heterocycles. The molecule has 18 heavy (non-hydrogen) atoms. The lowest BCUT2D eigenvalue weighted by molar-refractivity contribution is -0.136. The van der Waals surface area contributed by atoms with E-state index in [1.165, 1.54) is 0 Å². The van der Waals surface area contributed by atoms with Crippen LogP contribution in [0.5, 0.6) is 11.5 Å². The molecule has 0 saturated carbocycles. The van der Waals surface area contributed by atoms with E-state index in [-0.39, 0.29) is 6.42 Å². The Morgan fingerprint density at radius 2 is 1.89 bits per heavy atom. The van der Waals surface area contributed by atoms with Crippen LogP contribution in [0.25, 0.3) is 0 Å². The molecular formula is C14H11NO3. The first-order chi connectivity index (χ1) is 8.74. The fourth-order valence-electron chi connectivity index (χ4n) is 2.03. The first-order valence-electron chi connectivity index (χ1n) is 5.61. The molecule has 2 N–H and O–H groups in total. The van der Waals surface area contributed by atoms with Crippen LogP contribution in [0.3, 0.4) is 0 Å². The average Bonchev–Trinajstić information content (AvgIpc) is 2.36. The Morgan fingerprint density at radius 1 is 1.11 bits per heavy atom. The van der Waals surface area contributed by atoms with Crippen molar-refractivity contribution in [2.24, 2.45) is 0 Å². The molecule has 1 aliphatic heterocycles. The highest BCUT2D eigenvalue weighted by Gasteiger charge is 2.19. The molecule has 0 saturated heterocycles. The highest BCUT2D eigenvalue weighted by atomic mass is 16.5. The third kappa shape index (κ3) is 1.78. The molecule has 0 unspecified atom stereocenters. The van der Waals surface area contributed by atoms with Crippen molar-refractivity contribution in [1.29, 1.82) is 0 Å². The van der Waals surface area contributed by atoms with Crippen LogP contribution in [0.2, 0.25) is 0 Å². The van der Waals surface area contributed by atoms with Gasteiger partial charge < -0.3 is 15.2 Å². The number of carbonyl (C=O) groups is 1. The first-order valence-corrected chi connectivity index (χ1v) is 5.61. The van der Waals surface area contributed by atoms with E-state index in [1.807, 2.05) is 30.3 Å². The third-order valence-electron chi connectivity index (χ3n) is 2.82. The SMILES string of the molecule is O=C(O)Cc1cccc2c1Nc1ccccc1O2. The van der Waals surface area contributed by atoms with Gasteiger partial charge in [-0.05, 0) is 23.8 Å². The van der Waals surface area contributed by atoms with E-state index >= 15 is 0 Å². The number of benzene rings is 2. The predicted molar refractivity (Wildman–Crippen MR) is 67.6 cm³/mol. The van der Waals surface area contributed by atoms with Crippen LogP contribution < -0.4 is 10.1 Å². The lowest BCUT2D eigenvalue weighted by atomic mass is 10.1. The third-order valence-corrected chi connectivity index (χ3v) is 2.82. The number of para-hydroxylation sites is 3. The van der Waals surface area contributed by atoms with Crippen molar-refractivity contribution in [3.8, 4) is 11.5 Å². The molecule has 0 radical (unpaired) electrons. The van der Waals surface area contributed by atoms with Gasteiger partial charge >= 0.3 is 5.97 Å². The summed E-state index contributed by atoms with van der Waals surface area (Å²) in [5, 5.41) is 12.1. The number of carboxylic acid groups (broad SMARTS) is 1. The molecule has 1 aliphatic rings. The Labute approximate surface area is 104 Å². The van der Waals surface area contributed by atoms with Gasteiger partial charge in [-0.3, -0.25) is 4.79 Å². The Kier molecular flexibility index (Phi) is 2.41. The fraction of sp³-hybridized carbons (Fsp3) is 0.0714. The summed E-state index contributed by atoms with van der Waals surface area (Å²) in [4.78, 5) is 10.8. The molecule has 4 nitrogen and oxygen atoms in total. The number of ether oxygens (including phenoxy) is 1. The number of anilines is 2. The molecule has 4 heteroatoms. The Bertz CT molecular complexity index is 622. The summed E-state index contributed by atoms with van der Waals surface area (Å²) in [6.45, 7) is 0. The number of hydrogen-bond acceptors (Lipinski definition) is 3. The summed E-state index contributed by atoms with van der Waals surface area (Å²) in [6.07, 6.45) is -0.0261. The first kappa shape index (κ1) is 10.7. The van der Waals surface area contributed by atoms with Crippen molar-refractivity contribution in [1.82, 2.24) is 0 Å². The van der Waals surface area contributed by atoms with Crippen LogP contribution in [0.15, 0.2) is 42.5 Å². The Morgan fingerprint density at radius 3 is 2.72 bits per heavy atom. The van der Waals surface area contributed by atoms with E-state index in [9.17, 15) is 4.79 Å². The van der Waals surface area contributed by atoms with E-state index in [0.29, 0.717) is 5.75 Å². The van der Waals surface area contributed by atoms with E-state index in [0.717, 1.165) is 22.7 Å². The highest BCUT2D eigenvalue weighted by Crippen LogP contribution is 2.43. The molecule has 0 amide bonds. The molecule has 2 aromatic carbocycles. The van der Waals surface area contributed by atoms with Gasteiger partial charge in [-0.15, -0.1) is 0 Å². The molecule has 3 rings (SSSR count). The molecule has 2 aromatic rings. The number of fused-ring (bicyclic) bond motifs is 2.